The van der Waals surface area contributed by atoms with E-state index in [9.17, 15) is 0 Å². The number of halogens is 1. The van der Waals surface area contributed by atoms with Gasteiger partial charge in [0.1, 0.15) is 11.5 Å². The summed E-state index contributed by atoms with van der Waals surface area (Å²) in [7, 11) is 0. The molecule has 0 atom stereocenters. The molecule has 2 aromatic heterocycles. The van der Waals surface area contributed by atoms with Crippen LogP contribution in [0.25, 0.3) is 5.65 Å². The van der Waals surface area contributed by atoms with Crippen molar-refractivity contribution < 1.29 is 0 Å². The predicted molar refractivity (Wildman–Crippen MR) is 56.8 cm³/mol. The first-order chi connectivity index (χ1) is 6.61. The topological polar surface area (TPSA) is 30.2 Å². The van der Waals surface area contributed by atoms with E-state index in [0.717, 1.165) is 11.2 Å². The van der Waals surface area contributed by atoms with Gasteiger partial charge in [-0.15, -0.1) is 0 Å². The van der Waals surface area contributed by atoms with Crippen molar-refractivity contribution in [2.75, 3.05) is 0 Å². The van der Waals surface area contributed by atoms with Gasteiger partial charge in [0.25, 0.3) is 0 Å². The Bertz CT molecular complexity index is 473. The highest BCUT2D eigenvalue weighted by molar-refractivity contribution is 6.30. The fraction of sp³-hybridized carbons (Fsp3) is 0.400. The van der Waals surface area contributed by atoms with Crippen molar-refractivity contribution in [3.63, 3.8) is 0 Å². The molecular formula is C10H12ClN3. The highest BCUT2D eigenvalue weighted by atomic mass is 35.5. The molecule has 0 aliphatic rings. The Morgan fingerprint density at radius 2 is 2.14 bits per heavy atom. The Kier molecular flexibility index (Phi) is 2.19. The maximum atomic E-state index is 6.24. The zero-order valence-corrected chi connectivity index (χ0v) is 9.21. The number of nitrogens with zero attached hydrogens (tertiary/aromatic N) is 3. The number of hydrogen-bond donors (Lipinski definition) is 0. The third kappa shape index (κ3) is 1.28. The quantitative estimate of drug-likeness (QED) is 0.677. The minimum atomic E-state index is 0.399. The van der Waals surface area contributed by atoms with Gasteiger partial charge >= 0.3 is 0 Å². The molecule has 0 aliphatic carbocycles. The minimum Gasteiger partial charge on any atom is -0.215 e. The molecule has 0 radical (unpaired) electrons. The zero-order valence-electron chi connectivity index (χ0n) is 8.45. The maximum Gasteiger partial charge on any atom is 0.157 e. The second kappa shape index (κ2) is 3.24. The van der Waals surface area contributed by atoms with Crippen LogP contribution in [0.5, 0.6) is 0 Å². The number of rotatable bonds is 1. The summed E-state index contributed by atoms with van der Waals surface area (Å²) in [6.07, 6.45) is 1.52. The summed E-state index contributed by atoms with van der Waals surface area (Å²) in [5.41, 5.74) is 3.12. The van der Waals surface area contributed by atoms with Gasteiger partial charge in [0.2, 0.25) is 0 Å². The second-order valence-electron chi connectivity index (χ2n) is 3.72. The van der Waals surface area contributed by atoms with Gasteiger partial charge in [-0.1, -0.05) is 25.4 Å². The monoisotopic (exact) mass is 209 g/mol. The van der Waals surface area contributed by atoms with Crippen molar-refractivity contribution in [2.24, 2.45) is 0 Å². The molecule has 2 heterocycles. The molecule has 0 saturated heterocycles. The maximum absolute atomic E-state index is 6.24. The molecular weight excluding hydrogens is 198 g/mol. The van der Waals surface area contributed by atoms with Crippen LogP contribution in [0.15, 0.2) is 12.4 Å². The van der Waals surface area contributed by atoms with Crippen LogP contribution in [-0.2, 0) is 0 Å². The van der Waals surface area contributed by atoms with E-state index in [0.29, 0.717) is 11.1 Å². The lowest BCUT2D eigenvalue weighted by Crippen LogP contribution is -2.00. The Hall–Kier alpha value is -1.09. The molecule has 0 saturated carbocycles. The Morgan fingerprint density at radius 3 is 2.79 bits per heavy atom. The Balaban J connectivity index is 2.82. The van der Waals surface area contributed by atoms with Gasteiger partial charge in [0.05, 0.1) is 0 Å². The first kappa shape index (κ1) is 9.46. The summed E-state index contributed by atoms with van der Waals surface area (Å²) in [4.78, 5) is 4.11. The number of aryl methyl sites for hydroxylation is 1. The lowest BCUT2D eigenvalue weighted by atomic mass is 10.0. The fourth-order valence-corrected chi connectivity index (χ4v) is 2.24. The van der Waals surface area contributed by atoms with E-state index in [1.165, 1.54) is 11.9 Å². The molecule has 2 rings (SSSR count). The average Bonchev–Trinajstić information content (AvgIpc) is 2.50. The summed E-state index contributed by atoms with van der Waals surface area (Å²) >= 11 is 6.24. The van der Waals surface area contributed by atoms with Crippen LogP contribution >= 0.6 is 11.6 Å². The molecule has 0 N–H and O–H groups in total. The molecule has 0 unspecified atom stereocenters. The van der Waals surface area contributed by atoms with Crippen LogP contribution in [0.3, 0.4) is 0 Å². The third-order valence-corrected chi connectivity index (χ3v) is 2.69. The van der Waals surface area contributed by atoms with Gasteiger partial charge in [-0.05, 0) is 30.0 Å². The van der Waals surface area contributed by atoms with Crippen molar-refractivity contribution in [3.8, 4) is 0 Å². The van der Waals surface area contributed by atoms with Crippen molar-refractivity contribution in [1.82, 2.24) is 14.6 Å². The highest BCUT2D eigenvalue weighted by Crippen LogP contribution is 2.27. The minimum absolute atomic E-state index is 0.399. The van der Waals surface area contributed by atoms with Crippen molar-refractivity contribution >= 4 is 17.2 Å². The average molecular weight is 210 g/mol. The van der Waals surface area contributed by atoms with Crippen LogP contribution < -0.4 is 0 Å². The van der Waals surface area contributed by atoms with Crippen LogP contribution in [0.1, 0.15) is 30.9 Å². The molecule has 0 aromatic carbocycles. The van der Waals surface area contributed by atoms with Crippen LogP contribution in [-0.4, -0.2) is 14.6 Å². The SMILES string of the molecule is Cc1cc2ncnn2c(Cl)c1C(C)C. The molecule has 0 aliphatic heterocycles. The molecule has 14 heavy (non-hydrogen) atoms. The fourth-order valence-electron chi connectivity index (χ4n) is 1.74. The van der Waals surface area contributed by atoms with Crippen molar-refractivity contribution in [2.45, 2.75) is 26.7 Å². The zero-order chi connectivity index (χ0) is 10.3. The standard InChI is InChI=1S/C10H12ClN3/c1-6(2)9-7(3)4-8-12-5-13-14(8)10(9)11/h4-6H,1-3H3. The van der Waals surface area contributed by atoms with E-state index in [-0.39, 0.29) is 0 Å². The molecule has 4 heteroatoms. The molecule has 0 fully saturated rings. The van der Waals surface area contributed by atoms with Crippen LogP contribution in [0, 0.1) is 6.92 Å². The number of aromatic nitrogens is 3. The highest BCUT2D eigenvalue weighted by Gasteiger charge is 2.13. The van der Waals surface area contributed by atoms with E-state index >= 15 is 0 Å². The van der Waals surface area contributed by atoms with Gasteiger partial charge < -0.3 is 0 Å². The number of pyridine rings is 1. The lowest BCUT2D eigenvalue weighted by molar-refractivity contribution is 0.826. The van der Waals surface area contributed by atoms with Gasteiger partial charge in [-0.2, -0.15) is 5.10 Å². The Morgan fingerprint density at radius 1 is 1.43 bits per heavy atom. The van der Waals surface area contributed by atoms with Gasteiger partial charge in [0.15, 0.2) is 5.65 Å². The van der Waals surface area contributed by atoms with E-state index < -0.39 is 0 Å². The van der Waals surface area contributed by atoms with E-state index in [1.54, 1.807) is 4.52 Å². The smallest absolute Gasteiger partial charge is 0.157 e. The van der Waals surface area contributed by atoms with Gasteiger partial charge in [-0.3, -0.25) is 0 Å². The summed E-state index contributed by atoms with van der Waals surface area (Å²) in [5, 5.41) is 4.75. The summed E-state index contributed by atoms with van der Waals surface area (Å²) in [6.45, 7) is 6.30. The summed E-state index contributed by atoms with van der Waals surface area (Å²) < 4.78 is 1.67. The molecule has 0 amide bonds. The molecule has 0 spiro atoms. The first-order valence-corrected chi connectivity index (χ1v) is 4.97. The largest absolute Gasteiger partial charge is 0.215 e. The third-order valence-electron chi connectivity index (χ3n) is 2.33. The van der Waals surface area contributed by atoms with E-state index in [2.05, 4.69) is 30.9 Å². The first-order valence-electron chi connectivity index (χ1n) is 4.60. The van der Waals surface area contributed by atoms with Gasteiger partial charge in [-0.25, -0.2) is 9.50 Å². The molecule has 2 aromatic rings. The Labute approximate surface area is 87.7 Å². The number of hydrogen-bond acceptors (Lipinski definition) is 2. The van der Waals surface area contributed by atoms with Crippen LogP contribution in [0.4, 0.5) is 0 Å². The lowest BCUT2D eigenvalue weighted by Gasteiger charge is -2.12. The normalized spacial score (nSPS) is 11.5. The van der Waals surface area contributed by atoms with Crippen molar-refractivity contribution in [3.05, 3.63) is 28.7 Å². The van der Waals surface area contributed by atoms with Crippen molar-refractivity contribution in [1.29, 1.82) is 0 Å². The molecule has 3 nitrogen and oxygen atoms in total. The van der Waals surface area contributed by atoms with E-state index in [1.807, 2.05) is 6.07 Å². The number of fused-ring (bicyclic) bond motifs is 1. The van der Waals surface area contributed by atoms with E-state index in [4.69, 9.17) is 11.6 Å². The summed E-state index contributed by atoms with van der Waals surface area (Å²) in [6, 6.07) is 2.01. The molecule has 0 bridgehead atoms. The molecule has 74 valence electrons. The summed E-state index contributed by atoms with van der Waals surface area (Å²) in [5.74, 6) is 0.399. The second-order valence-corrected chi connectivity index (χ2v) is 4.07. The van der Waals surface area contributed by atoms with Gasteiger partial charge in [0, 0.05) is 0 Å². The van der Waals surface area contributed by atoms with Crippen LogP contribution in [0.2, 0.25) is 5.15 Å². The predicted octanol–water partition coefficient (Wildman–Crippen LogP) is 2.81.